The van der Waals surface area contributed by atoms with E-state index >= 15 is 0 Å². The Morgan fingerprint density at radius 2 is 1.74 bits per heavy atom. The average Bonchev–Trinajstić information content (AvgIpc) is 3.07. The first kappa shape index (κ1) is 15.1. The van der Waals surface area contributed by atoms with Crippen molar-refractivity contribution in [3.05, 3.63) is 90.3 Å². The molecule has 116 valence electrons. The highest BCUT2D eigenvalue weighted by molar-refractivity contribution is 5.91. The summed E-state index contributed by atoms with van der Waals surface area (Å²) in [5.41, 5.74) is 3.10. The highest BCUT2D eigenvalue weighted by Gasteiger charge is 2.17. The molecule has 1 heterocycles. The highest BCUT2D eigenvalue weighted by atomic mass is 16.1. The number of nitrogens with zero attached hydrogens (tertiary/aromatic N) is 1. The number of hydrogen-bond acceptors (Lipinski definition) is 1. The molecular formula is C20H20N2O. The van der Waals surface area contributed by atoms with E-state index in [0.29, 0.717) is 6.42 Å². The molecule has 2 aromatic carbocycles. The van der Waals surface area contributed by atoms with Crippen molar-refractivity contribution in [3.8, 4) is 0 Å². The van der Waals surface area contributed by atoms with Gasteiger partial charge in [-0.2, -0.15) is 0 Å². The molecule has 1 amide bonds. The Morgan fingerprint density at radius 3 is 2.43 bits per heavy atom. The van der Waals surface area contributed by atoms with Crippen molar-refractivity contribution < 1.29 is 4.79 Å². The van der Waals surface area contributed by atoms with Gasteiger partial charge in [0.1, 0.15) is 0 Å². The molecule has 3 heteroatoms. The second kappa shape index (κ2) is 6.97. The number of rotatable bonds is 5. The third kappa shape index (κ3) is 3.89. The number of hydrogen-bond donors (Lipinski definition) is 1. The van der Waals surface area contributed by atoms with E-state index in [-0.39, 0.29) is 11.9 Å². The van der Waals surface area contributed by atoms with Gasteiger partial charge in [-0.1, -0.05) is 42.5 Å². The van der Waals surface area contributed by atoms with Crippen molar-refractivity contribution in [2.75, 3.05) is 5.32 Å². The molecule has 0 spiro atoms. The van der Waals surface area contributed by atoms with Crippen LogP contribution in [-0.4, -0.2) is 10.5 Å². The maximum atomic E-state index is 12.5. The van der Waals surface area contributed by atoms with E-state index in [1.165, 1.54) is 0 Å². The molecule has 1 aromatic heterocycles. The van der Waals surface area contributed by atoms with E-state index in [4.69, 9.17) is 0 Å². The predicted octanol–water partition coefficient (Wildman–Crippen LogP) is 4.41. The lowest BCUT2D eigenvalue weighted by Gasteiger charge is -2.19. The van der Waals surface area contributed by atoms with Crippen molar-refractivity contribution in [2.24, 2.45) is 0 Å². The van der Waals surface area contributed by atoms with Crippen LogP contribution in [0, 0.1) is 6.92 Å². The maximum absolute atomic E-state index is 12.5. The molecule has 1 atom stereocenters. The number of nitrogens with one attached hydrogen (secondary N) is 1. The summed E-state index contributed by atoms with van der Waals surface area (Å²) < 4.78 is 2.07. The summed E-state index contributed by atoms with van der Waals surface area (Å²) in [5, 5.41) is 2.99. The molecule has 0 aliphatic carbocycles. The molecule has 0 radical (unpaired) electrons. The summed E-state index contributed by atoms with van der Waals surface area (Å²) in [5.74, 6) is 0.0122. The summed E-state index contributed by atoms with van der Waals surface area (Å²) in [6.07, 6.45) is 4.39. The summed E-state index contributed by atoms with van der Waals surface area (Å²) >= 11 is 0. The van der Waals surface area contributed by atoms with E-state index in [9.17, 15) is 4.79 Å². The lowest BCUT2D eigenvalue weighted by molar-refractivity contribution is -0.116. The van der Waals surface area contributed by atoms with Crippen LogP contribution in [0.5, 0.6) is 0 Å². The van der Waals surface area contributed by atoms with Gasteiger partial charge in [0, 0.05) is 18.1 Å². The third-order valence-corrected chi connectivity index (χ3v) is 3.85. The molecule has 0 aliphatic heterocycles. The van der Waals surface area contributed by atoms with Crippen LogP contribution in [-0.2, 0) is 4.79 Å². The number of carbonyl (C=O) groups is 1. The third-order valence-electron chi connectivity index (χ3n) is 3.85. The first-order valence-corrected chi connectivity index (χ1v) is 7.76. The molecule has 1 N–H and O–H groups in total. The number of aryl methyl sites for hydroxylation is 1. The maximum Gasteiger partial charge on any atom is 0.226 e. The molecular weight excluding hydrogens is 284 g/mol. The fourth-order valence-electron chi connectivity index (χ4n) is 2.74. The van der Waals surface area contributed by atoms with Gasteiger partial charge in [0.2, 0.25) is 5.91 Å². The van der Waals surface area contributed by atoms with Crippen LogP contribution in [0.1, 0.15) is 23.6 Å². The zero-order valence-electron chi connectivity index (χ0n) is 13.1. The number of aromatic nitrogens is 1. The number of benzene rings is 2. The van der Waals surface area contributed by atoms with E-state index in [1.54, 1.807) is 0 Å². The van der Waals surface area contributed by atoms with Crippen LogP contribution in [0.25, 0.3) is 0 Å². The molecule has 0 saturated carbocycles. The van der Waals surface area contributed by atoms with Crippen molar-refractivity contribution in [1.82, 2.24) is 4.57 Å². The van der Waals surface area contributed by atoms with Gasteiger partial charge in [-0.25, -0.2) is 0 Å². The fraction of sp³-hybridized carbons (Fsp3) is 0.150. The standard InChI is InChI=1S/C20H20N2O/c1-16-8-7-11-18(14-16)21-20(23)15-19(22-12-5-6-13-22)17-9-3-2-4-10-17/h2-14,19H,15H2,1H3,(H,21,23)/t19-/m0/s1. The molecule has 3 nitrogen and oxygen atoms in total. The number of carbonyl (C=O) groups excluding carboxylic acids is 1. The van der Waals surface area contributed by atoms with Gasteiger partial charge in [0.05, 0.1) is 12.5 Å². The Morgan fingerprint density at radius 1 is 1.00 bits per heavy atom. The van der Waals surface area contributed by atoms with E-state index < -0.39 is 0 Å². The summed E-state index contributed by atoms with van der Waals surface area (Å²) in [4.78, 5) is 12.5. The fourth-order valence-corrected chi connectivity index (χ4v) is 2.74. The first-order valence-electron chi connectivity index (χ1n) is 7.76. The van der Waals surface area contributed by atoms with Gasteiger partial charge in [-0.05, 0) is 42.3 Å². The van der Waals surface area contributed by atoms with Crippen LogP contribution in [0.2, 0.25) is 0 Å². The van der Waals surface area contributed by atoms with Gasteiger partial charge < -0.3 is 9.88 Å². The van der Waals surface area contributed by atoms with Crippen LogP contribution in [0.15, 0.2) is 79.1 Å². The molecule has 0 saturated heterocycles. The SMILES string of the molecule is Cc1cccc(NC(=O)C[C@@H](c2ccccc2)n2cccc2)c1. The molecule has 0 fully saturated rings. The molecule has 23 heavy (non-hydrogen) atoms. The monoisotopic (exact) mass is 304 g/mol. The first-order chi connectivity index (χ1) is 11.2. The molecule has 0 unspecified atom stereocenters. The Kier molecular flexibility index (Phi) is 4.57. The largest absolute Gasteiger partial charge is 0.346 e. The van der Waals surface area contributed by atoms with Crippen LogP contribution in [0.3, 0.4) is 0 Å². The van der Waals surface area contributed by atoms with Crippen LogP contribution in [0.4, 0.5) is 5.69 Å². The minimum absolute atomic E-state index is 0.00370. The molecule has 3 aromatic rings. The smallest absolute Gasteiger partial charge is 0.226 e. The second-order valence-electron chi connectivity index (χ2n) is 5.68. The Balaban J connectivity index is 1.77. The molecule has 0 aliphatic rings. The van der Waals surface area contributed by atoms with Crippen LogP contribution >= 0.6 is 0 Å². The van der Waals surface area contributed by atoms with Gasteiger partial charge in [-0.15, -0.1) is 0 Å². The lowest BCUT2D eigenvalue weighted by atomic mass is 10.0. The highest BCUT2D eigenvalue weighted by Crippen LogP contribution is 2.23. The molecule has 3 rings (SSSR count). The Hall–Kier alpha value is -2.81. The van der Waals surface area contributed by atoms with E-state index in [0.717, 1.165) is 16.8 Å². The van der Waals surface area contributed by atoms with Crippen molar-refractivity contribution in [2.45, 2.75) is 19.4 Å². The van der Waals surface area contributed by atoms with Gasteiger partial charge in [0.25, 0.3) is 0 Å². The van der Waals surface area contributed by atoms with E-state index in [1.807, 2.05) is 73.9 Å². The van der Waals surface area contributed by atoms with E-state index in [2.05, 4.69) is 22.0 Å². The average molecular weight is 304 g/mol. The zero-order valence-corrected chi connectivity index (χ0v) is 13.1. The summed E-state index contributed by atoms with van der Waals surface area (Å²) in [6, 6.07) is 21.9. The van der Waals surface area contributed by atoms with Crippen molar-refractivity contribution in [3.63, 3.8) is 0 Å². The summed E-state index contributed by atoms with van der Waals surface area (Å²) in [7, 11) is 0. The normalized spacial score (nSPS) is 11.9. The Labute approximate surface area is 136 Å². The van der Waals surface area contributed by atoms with Gasteiger partial charge in [-0.3, -0.25) is 4.79 Å². The predicted molar refractivity (Wildman–Crippen MR) is 93.4 cm³/mol. The minimum Gasteiger partial charge on any atom is -0.346 e. The molecule has 0 bridgehead atoms. The van der Waals surface area contributed by atoms with Gasteiger partial charge in [0.15, 0.2) is 0 Å². The topological polar surface area (TPSA) is 34.0 Å². The summed E-state index contributed by atoms with van der Waals surface area (Å²) in [6.45, 7) is 2.02. The van der Waals surface area contributed by atoms with Crippen molar-refractivity contribution in [1.29, 1.82) is 0 Å². The zero-order chi connectivity index (χ0) is 16.1. The van der Waals surface area contributed by atoms with Crippen molar-refractivity contribution >= 4 is 11.6 Å². The van der Waals surface area contributed by atoms with Crippen LogP contribution < -0.4 is 5.32 Å². The lowest BCUT2D eigenvalue weighted by Crippen LogP contribution is -2.19. The minimum atomic E-state index is -0.00370. The number of amides is 1. The quantitative estimate of drug-likeness (QED) is 0.744. The second-order valence-corrected chi connectivity index (χ2v) is 5.68. The number of anilines is 1. The van der Waals surface area contributed by atoms with Gasteiger partial charge >= 0.3 is 0 Å². The Bertz CT molecular complexity index is 763.